The van der Waals surface area contributed by atoms with E-state index in [2.05, 4.69) is 17.6 Å². The minimum atomic E-state index is -0.478. The lowest BCUT2D eigenvalue weighted by atomic mass is 10.1. The highest BCUT2D eigenvalue weighted by atomic mass is 35.5. The van der Waals surface area contributed by atoms with Crippen LogP contribution < -0.4 is 21.3 Å². The van der Waals surface area contributed by atoms with Gasteiger partial charge in [-0.05, 0) is 36.2 Å². The van der Waals surface area contributed by atoms with Crippen molar-refractivity contribution in [1.29, 1.82) is 0 Å². The van der Waals surface area contributed by atoms with E-state index in [0.717, 1.165) is 12.1 Å². The molecule has 0 aliphatic carbocycles. The fraction of sp³-hybridized carbons (Fsp3) is 0.318. The molecule has 1 aliphatic heterocycles. The number of carbonyl (C=O) groups is 3. The second-order valence-corrected chi connectivity index (χ2v) is 7.00. The first-order valence-electron chi connectivity index (χ1n) is 9.81. The highest BCUT2D eigenvalue weighted by Gasteiger charge is 2.35. The highest BCUT2D eigenvalue weighted by Crippen LogP contribution is 2.27. The smallest absolute Gasteiger partial charge is 0.253 e. The summed E-state index contributed by atoms with van der Waals surface area (Å²) in [5, 5.41) is 5.51. The average Bonchev–Trinajstić information content (AvgIpc) is 3.14. The van der Waals surface area contributed by atoms with Gasteiger partial charge >= 0.3 is 0 Å². The molecule has 2 aromatic carbocycles. The Balaban J connectivity index is 0.00000320. The van der Waals surface area contributed by atoms with Gasteiger partial charge in [0, 0.05) is 31.7 Å². The Morgan fingerprint density at radius 3 is 2.50 bits per heavy atom. The molecule has 8 heteroatoms. The summed E-state index contributed by atoms with van der Waals surface area (Å²) in [6.45, 7) is 3.08. The van der Waals surface area contributed by atoms with Crippen molar-refractivity contribution in [1.82, 2.24) is 5.32 Å². The minimum absolute atomic E-state index is 0. The van der Waals surface area contributed by atoms with Crippen molar-refractivity contribution in [3.63, 3.8) is 0 Å². The molecule has 1 heterocycles. The van der Waals surface area contributed by atoms with Crippen LogP contribution in [0.5, 0.6) is 0 Å². The van der Waals surface area contributed by atoms with Gasteiger partial charge in [0.05, 0.1) is 17.2 Å². The second kappa shape index (κ2) is 10.8. The van der Waals surface area contributed by atoms with Crippen LogP contribution >= 0.6 is 12.4 Å². The molecule has 1 fully saturated rings. The van der Waals surface area contributed by atoms with Crippen LogP contribution in [0.2, 0.25) is 0 Å². The van der Waals surface area contributed by atoms with Gasteiger partial charge in [-0.25, -0.2) is 0 Å². The van der Waals surface area contributed by atoms with Gasteiger partial charge in [-0.1, -0.05) is 31.2 Å². The van der Waals surface area contributed by atoms with E-state index in [9.17, 15) is 14.4 Å². The summed E-state index contributed by atoms with van der Waals surface area (Å²) < 4.78 is 0. The van der Waals surface area contributed by atoms with Gasteiger partial charge in [0.25, 0.3) is 5.91 Å². The lowest BCUT2D eigenvalue weighted by molar-refractivity contribution is -0.122. The van der Waals surface area contributed by atoms with Crippen LogP contribution in [0, 0.1) is 5.92 Å². The number of nitrogens with one attached hydrogen (secondary N) is 2. The molecule has 2 aromatic rings. The molecule has 4 N–H and O–H groups in total. The van der Waals surface area contributed by atoms with Gasteiger partial charge in [-0.3, -0.25) is 14.4 Å². The molecular weight excluding hydrogens is 404 g/mol. The summed E-state index contributed by atoms with van der Waals surface area (Å²) in [6, 6.07) is 14.6. The number of para-hydroxylation sites is 1. The molecule has 0 spiro atoms. The van der Waals surface area contributed by atoms with E-state index in [1.165, 1.54) is 5.56 Å². The molecule has 0 saturated carbocycles. The molecule has 0 aromatic heterocycles. The van der Waals surface area contributed by atoms with E-state index in [0.29, 0.717) is 30.9 Å². The minimum Gasteiger partial charge on any atom is -0.351 e. The predicted molar refractivity (Wildman–Crippen MR) is 120 cm³/mol. The van der Waals surface area contributed by atoms with E-state index in [-0.39, 0.29) is 36.5 Å². The molecule has 3 amide bonds. The van der Waals surface area contributed by atoms with Crippen molar-refractivity contribution in [3.8, 4) is 0 Å². The van der Waals surface area contributed by atoms with E-state index < -0.39 is 5.92 Å². The lowest BCUT2D eigenvalue weighted by Crippen LogP contribution is -2.31. The second-order valence-electron chi connectivity index (χ2n) is 7.00. The fourth-order valence-corrected chi connectivity index (χ4v) is 3.35. The molecule has 3 rings (SSSR count). The van der Waals surface area contributed by atoms with Gasteiger partial charge in [-0.15, -0.1) is 12.4 Å². The van der Waals surface area contributed by atoms with Crippen molar-refractivity contribution in [2.75, 3.05) is 29.9 Å². The Morgan fingerprint density at radius 1 is 1.13 bits per heavy atom. The summed E-state index contributed by atoms with van der Waals surface area (Å²) in [5.41, 5.74) is 8.20. The molecule has 30 heavy (non-hydrogen) atoms. The van der Waals surface area contributed by atoms with E-state index in [4.69, 9.17) is 5.73 Å². The quantitative estimate of drug-likeness (QED) is 0.627. The number of amides is 3. The molecule has 1 atom stereocenters. The summed E-state index contributed by atoms with van der Waals surface area (Å²) in [6.07, 6.45) is 1.07. The highest BCUT2D eigenvalue weighted by molar-refractivity contribution is 6.07. The lowest BCUT2D eigenvalue weighted by Gasteiger charge is -2.17. The normalized spacial score (nSPS) is 15.5. The topological polar surface area (TPSA) is 105 Å². The van der Waals surface area contributed by atoms with E-state index >= 15 is 0 Å². The third kappa shape index (κ3) is 5.37. The van der Waals surface area contributed by atoms with Crippen LogP contribution in [-0.2, 0) is 16.0 Å². The zero-order valence-corrected chi connectivity index (χ0v) is 17.7. The van der Waals surface area contributed by atoms with Crippen molar-refractivity contribution in [2.45, 2.75) is 19.8 Å². The van der Waals surface area contributed by atoms with Crippen LogP contribution in [-0.4, -0.2) is 37.4 Å². The number of nitrogens with two attached hydrogens (primary N) is 1. The zero-order valence-electron chi connectivity index (χ0n) is 16.9. The number of benzene rings is 2. The Hall–Kier alpha value is -2.90. The SMILES string of the molecule is CCc1ccc(N2CC(C(=O)Nc3ccccc3C(=O)NCCN)CC2=O)cc1.Cl. The van der Waals surface area contributed by atoms with E-state index in [1.54, 1.807) is 29.2 Å². The molecule has 0 radical (unpaired) electrons. The molecule has 1 saturated heterocycles. The standard InChI is InChI=1S/C22H26N4O3.ClH/c1-2-15-7-9-17(10-8-15)26-14-16(13-20(26)27)21(28)25-19-6-4-3-5-18(19)22(29)24-12-11-23;/h3-10,16H,2,11-14,23H2,1H3,(H,24,29)(H,25,28);1H. The Kier molecular flexibility index (Phi) is 8.38. The maximum Gasteiger partial charge on any atom is 0.253 e. The van der Waals surface area contributed by atoms with E-state index in [1.807, 2.05) is 24.3 Å². The number of aryl methyl sites for hydroxylation is 1. The number of carbonyl (C=O) groups excluding carboxylic acids is 3. The third-order valence-electron chi connectivity index (χ3n) is 5.01. The Labute approximate surface area is 182 Å². The van der Waals surface area contributed by atoms with Crippen LogP contribution in [0.15, 0.2) is 48.5 Å². The molecule has 0 bridgehead atoms. The number of rotatable bonds is 7. The molecule has 1 aliphatic rings. The van der Waals surface area contributed by atoms with Crippen LogP contribution in [0.1, 0.15) is 29.3 Å². The first-order valence-corrected chi connectivity index (χ1v) is 9.81. The number of nitrogens with zero attached hydrogens (tertiary/aromatic N) is 1. The number of hydrogen-bond donors (Lipinski definition) is 3. The maximum atomic E-state index is 12.8. The molecule has 160 valence electrons. The number of hydrogen-bond acceptors (Lipinski definition) is 4. The summed E-state index contributed by atoms with van der Waals surface area (Å²) >= 11 is 0. The Bertz CT molecular complexity index is 902. The fourth-order valence-electron chi connectivity index (χ4n) is 3.35. The van der Waals surface area contributed by atoms with Crippen LogP contribution in [0.25, 0.3) is 0 Å². The van der Waals surface area contributed by atoms with Gasteiger partial charge in [-0.2, -0.15) is 0 Å². The van der Waals surface area contributed by atoms with Gasteiger partial charge in [0.1, 0.15) is 0 Å². The van der Waals surface area contributed by atoms with Gasteiger partial charge in [0.2, 0.25) is 11.8 Å². The largest absolute Gasteiger partial charge is 0.351 e. The summed E-state index contributed by atoms with van der Waals surface area (Å²) in [4.78, 5) is 39.2. The van der Waals surface area contributed by atoms with Crippen molar-refractivity contribution >= 4 is 41.5 Å². The molecular formula is C22H27ClN4O3. The predicted octanol–water partition coefficient (Wildman–Crippen LogP) is 2.35. The third-order valence-corrected chi connectivity index (χ3v) is 5.01. The first-order chi connectivity index (χ1) is 14.0. The Morgan fingerprint density at radius 2 is 1.83 bits per heavy atom. The average molecular weight is 431 g/mol. The van der Waals surface area contributed by atoms with Gasteiger partial charge in [0.15, 0.2) is 0 Å². The van der Waals surface area contributed by atoms with Crippen molar-refractivity contribution < 1.29 is 14.4 Å². The number of halogens is 1. The monoisotopic (exact) mass is 430 g/mol. The first kappa shape index (κ1) is 23.4. The summed E-state index contributed by atoms with van der Waals surface area (Å²) in [5.74, 6) is -1.13. The van der Waals surface area contributed by atoms with Crippen molar-refractivity contribution in [3.05, 3.63) is 59.7 Å². The molecule has 7 nitrogen and oxygen atoms in total. The van der Waals surface area contributed by atoms with Crippen molar-refractivity contribution in [2.24, 2.45) is 11.7 Å². The van der Waals surface area contributed by atoms with Crippen LogP contribution in [0.4, 0.5) is 11.4 Å². The van der Waals surface area contributed by atoms with Gasteiger partial charge < -0.3 is 21.3 Å². The maximum absolute atomic E-state index is 12.8. The number of anilines is 2. The summed E-state index contributed by atoms with van der Waals surface area (Å²) in [7, 11) is 0. The van der Waals surface area contributed by atoms with Crippen LogP contribution in [0.3, 0.4) is 0 Å². The molecule has 1 unspecified atom stereocenters. The zero-order chi connectivity index (χ0) is 20.8.